The van der Waals surface area contributed by atoms with Crippen molar-refractivity contribution in [1.82, 2.24) is 29.9 Å². The van der Waals surface area contributed by atoms with Crippen LogP contribution >= 0.6 is 11.6 Å². The van der Waals surface area contributed by atoms with E-state index >= 15 is 0 Å². The Labute approximate surface area is 188 Å². The van der Waals surface area contributed by atoms with Crippen molar-refractivity contribution in [3.63, 3.8) is 0 Å². The van der Waals surface area contributed by atoms with E-state index in [1.165, 1.54) is 0 Å². The smallest absolute Gasteiger partial charge is 0.249 e. The molecule has 158 valence electrons. The molecule has 3 aromatic heterocycles. The number of hydrogen-bond acceptors (Lipinski definition) is 5. The third-order valence-electron chi connectivity index (χ3n) is 5.08. The highest BCUT2D eigenvalue weighted by molar-refractivity contribution is 6.30. The van der Waals surface area contributed by atoms with E-state index in [9.17, 15) is 4.79 Å². The van der Waals surface area contributed by atoms with E-state index in [1.807, 2.05) is 60.8 Å². The highest BCUT2D eigenvalue weighted by atomic mass is 35.5. The number of pyridine rings is 1. The van der Waals surface area contributed by atoms with E-state index in [1.54, 1.807) is 28.2 Å². The third kappa shape index (κ3) is 4.08. The number of carbonyl (C=O) groups is 1. The van der Waals surface area contributed by atoms with Gasteiger partial charge in [-0.15, -0.1) is 5.10 Å². The molecule has 9 heteroatoms. The van der Waals surface area contributed by atoms with E-state index < -0.39 is 0 Å². The first kappa shape index (κ1) is 19.9. The number of carbonyl (C=O) groups excluding carboxylic acids is 1. The van der Waals surface area contributed by atoms with Crippen molar-refractivity contribution >= 4 is 34.4 Å². The van der Waals surface area contributed by atoms with Gasteiger partial charge in [-0.1, -0.05) is 41.1 Å². The van der Waals surface area contributed by atoms with Gasteiger partial charge in [0.25, 0.3) is 0 Å². The first-order valence-electron chi connectivity index (χ1n) is 9.95. The summed E-state index contributed by atoms with van der Waals surface area (Å²) in [5.74, 6) is -0.131. The number of hydrogen-bond donors (Lipinski definition) is 1. The molecular formula is C23H18ClN7O. The maximum absolute atomic E-state index is 13.4. The lowest BCUT2D eigenvalue weighted by molar-refractivity contribution is -0.119. The molecule has 1 N–H and O–H groups in total. The number of aromatic amines is 1. The largest absolute Gasteiger partial charge is 0.351 e. The van der Waals surface area contributed by atoms with Crippen molar-refractivity contribution in [2.45, 2.75) is 13.1 Å². The number of rotatable bonds is 6. The maximum atomic E-state index is 13.4. The Balaban J connectivity index is 1.46. The second kappa shape index (κ2) is 8.60. The van der Waals surface area contributed by atoms with Gasteiger partial charge in [0.2, 0.25) is 11.6 Å². The highest BCUT2D eigenvalue weighted by Gasteiger charge is 2.19. The van der Waals surface area contributed by atoms with Gasteiger partial charge < -0.3 is 9.88 Å². The minimum atomic E-state index is -0.131. The van der Waals surface area contributed by atoms with Crippen LogP contribution < -0.4 is 4.90 Å². The van der Waals surface area contributed by atoms with Crippen LogP contribution in [0.15, 0.2) is 79.4 Å². The number of nitrogens with one attached hydrogen (secondary N) is 1. The van der Waals surface area contributed by atoms with Crippen LogP contribution in [-0.4, -0.2) is 35.9 Å². The van der Waals surface area contributed by atoms with Crippen molar-refractivity contribution in [3.8, 4) is 11.3 Å². The van der Waals surface area contributed by atoms with Gasteiger partial charge in [0.1, 0.15) is 12.1 Å². The Bertz CT molecular complexity index is 1360. The van der Waals surface area contributed by atoms with Crippen molar-refractivity contribution in [1.29, 1.82) is 0 Å². The van der Waals surface area contributed by atoms with Crippen molar-refractivity contribution in [2.75, 3.05) is 4.90 Å². The van der Waals surface area contributed by atoms with Gasteiger partial charge in [-0.05, 0) is 42.0 Å². The molecular weight excluding hydrogens is 426 g/mol. The predicted molar refractivity (Wildman–Crippen MR) is 122 cm³/mol. The fraction of sp³-hybridized carbons (Fsp3) is 0.0870. The summed E-state index contributed by atoms with van der Waals surface area (Å²) in [6, 6.07) is 18.8. The van der Waals surface area contributed by atoms with Crippen molar-refractivity contribution in [2.24, 2.45) is 0 Å². The standard InChI is InChI=1S/C23H18ClN7O/c24-18-4-1-3-16(11-18)13-30(19-8-6-17(7-9-19)20-12-25-15-27-20)22(32)14-31-21-5-2-10-26-23(21)28-29-31/h1-12,15H,13-14H2,(H,25,27). The number of anilines is 1. The normalized spacial score (nSPS) is 11.0. The monoisotopic (exact) mass is 443 g/mol. The van der Waals surface area contributed by atoms with Crippen LogP contribution in [0.25, 0.3) is 22.4 Å². The summed E-state index contributed by atoms with van der Waals surface area (Å²) in [5.41, 5.74) is 4.69. The van der Waals surface area contributed by atoms with E-state index in [2.05, 4.69) is 25.3 Å². The lowest BCUT2D eigenvalue weighted by atomic mass is 10.1. The Morgan fingerprint density at radius 3 is 2.72 bits per heavy atom. The number of aromatic nitrogens is 6. The zero-order chi connectivity index (χ0) is 21.9. The van der Waals surface area contributed by atoms with Gasteiger partial charge in [-0.2, -0.15) is 0 Å². The van der Waals surface area contributed by atoms with Crippen molar-refractivity contribution in [3.05, 3.63) is 90.0 Å². The molecule has 8 nitrogen and oxygen atoms in total. The number of imidazole rings is 1. The van der Waals surface area contributed by atoms with Gasteiger partial charge in [-0.25, -0.2) is 14.6 Å². The van der Waals surface area contributed by atoms with Crippen LogP contribution in [0.2, 0.25) is 5.02 Å². The molecule has 0 saturated carbocycles. The molecule has 5 aromatic rings. The van der Waals surface area contributed by atoms with Gasteiger partial charge in [0.05, 0.1) is 18.6 Å². The molecule has 0 atom stereocenters. The summed E-state index contributed by atoms with van der Waals surface area (Å²) >= 11 is 6.17. The van der Waals surface area contributed by atoms with Crippen LogP contribution in [0.5, 0.6) is 0 Å². The molecule has 32 heavy (non-hydrogen) atoms. The lowest BCUT2D eigenvalue weighted by Gasteiger charge is -2.23. The predicted octanol–water partition coefficient (Wildman–Crippen LogP) is 4.10. The summed E-state index contributed by atoms with van der Waals surface area (Å²) in [5, 5.41) is 8.77. The lowest BCUT2D eigenvalue weighted by Crippen LogP contribution is -2.33. The Morgan fingerprint density at radius 2 is 1.94 bits per heavy atom. The zero-order valence-electron chi connectivity index (χ0n) is 16.9. The second-order valence-electron chi connectivity index (χ2n) is 7.20. The fourth-order valence-electron chi connectivity index (χ4n) is 3.51. The quantitative estimate of drug-likeness (QED) is 0.426. The molecule has 0 unspecified atom stereocenters. The summed E-state index contributed by atoms with van der Waals surface area (Å²) in [7, 11) is 0. The first-order valence-corrected chi connectivity index (χ1v) is 10.3. The van der Waals surface area contributed by atoms with Gasteiger partial charge >= 0.3 is 0 Å². The molecule has 0 aliphatic rings. The minimum Gasteiger partial charge on any atom is -0.351 e. The summed E-state index contributed by atoms with van der Waals surface area (Å²) in [4.78, 5) is 26.5. The highest BCUT2D eigenvalue weighted by Crippen LogP contribution is 2.24. The van der Waals surface area contributed by atoms with Crippen LogP contribution in [-0.2, 0) is 17.9 Å². The number of H-pyrrole nitrogens is 1. The summed E-state index contributed by atoms with van der Waals surface area (Å²) in [6.07, 6.45) is 5.11. The topological polar surface area (TPSA) is 92.6 Å². The zero-order valence-corrected chi connectivity index (χ0v) is 17.6. The molecule has 0 radical (unpaired) electrons. The molecule has 0 fully saturated rings. The molecule has 0 saturated heterocycles. The van der Waals surface area contributed by atoms with Crippen LogP contribution in [0.1, 0.15) is 5.56 Å². The molecule has 2 aromatic carbocycles. The van der Waals surface area contributed by atoms with Gasteiger partial charge in [0, 0.05) is 28.7 Å². The second-order valence-corrected chi connectivity index (χ2v) is 7.64. The van der Waals surface area contributed by atoms with Crippen LogP contribution in [0.3, 0.4) is 0 Å². The van der Waals surface area contributed by atoms with Crippen molar-refractivity contribution < 1.29 is 4.79 Å². The fourth-order valence-corrected chi connectivity index (χ4v) is 3.73. The van der Waals surface area contributed by atoms with E-state index in [0.29, 0.717) is 22.7 Å². The number of halogens is 1. The molecule has 3 heterocycles. The summed E-state index contributed by atoms with van der Waals surface area (Å²) < 4.78 is 1.56. The number of nitrogens with zero attached hydrogens (tertiary/aromatic N) is 6. The molecule has 0 spiro atoms. The SMILES string of the molecule is O=C(Cn1nnc2ncccc21)N(Cc1cccc(Cl)c1)c1ccc(-c2c[nH]cn2)cc1. The number of fused-ring (bicyclic) bond motifs is 1. The third-order valence-corrected chi connectivity index (χ3v) is 5.32. The maximum Gasteiger partial charge on any atom is 0.249 e. The first-order chi connectivity index (χ1) is 15.7. The minimum absolute atomic E-state index is 0.0316. The van der Waals surface area contributed by atoms with E-state index in [-0.39, 0.29) is 12.5 Å². The molecule has 1 amide bonds. The molecule has 5 rings (SSSR count). The van der Waals surface area contributed by atoms with E-state index in [4.69, 9.17) is 11.6 Å². The average molecular weight is 444 g/mol. The van der Waals surface area contributed by atoms with Gasteiger partial charge in [-0.3, -0.25) is 4.79 Å². The van der Waals surface area contributed by atoms with E-state index in [0.717, 1.165) is 22.5 Å². The Morgan fingerprint density at radius 1 is 1.06 bits per heavy atom. The number of amides is 1. The molecule has 0 aliphatic heterocycles. The summed E-state index contributed by atoms with van der Waals surface area (Å²) in [6.45, 7) is 0.399. The molecule has 0 bridgehead atoms. The van der Waals surface area contributed by atoms with Crippen LogP contribution in [0.4, 0.5) is 5.69 Å². The van der Waals surface area contributed by atoms with Crippen LogP contribution in [0, 0.1) is 0 Å². The Kier molecular flexibility index (Phi) is 5.35. The Hall–Kier alpha value is -4.04. The molecule has 0 aliphatic carbocycles. The number of benzene rings is 2. The van der Waals surface area contributed by atoms with Gasteiger partial charge in [0.15, 0.2) is 0 Å². The average Bonchev–Trinajstić information content (AvgIpc) is 3.49.